The number of nitrogens with one attached hydrogen (secondary N) is 1. The van der Waals surface area contributed by atoms with Crippen molar-refractivity contribution in [2.45, 2.75) is 37.6 Å². The molecule has 2 amide bonds. The Hall–Kier alpha value is -4.94. The van der Waals surface area contributed by atoms with Crippen molar-refractivity contribution in [3.8, 4) is 11.5 Å². The fourth-order valence-corrected chi connectivity index (χ4v) is 7.00. The Morgan fingerprint density at radius 3 is 2.55 bits per heavy atom. The number of rotatable bonds is 12. The van der Waals surface area contributed by atoms with E-state index in [1.807, 2.05) is 95.7 Å². The van der Waals surface area contributed by atoms with Crippen molar-refractivity contribution in [2.24, 2.45) is 5.10 Å². The summed E-state index contributed by atoms with van der Waals surface area (Å²) >= 11 is 2.88. The van der Waals surface area contributed by atoms with E-state index in [2.05, 4.69) is 15.5 Å². The Morgan fingerprint density at radius 2 is 1.81 bits per heavy atom. The number of methoxy groups -OCH3 is 2. The number of nitrogens with zero attached hydrogens (tertiary/aromatic N) is 5. The number of amides is 2. The van der Waals surface area contributed by atoms with E-state index in [-0.39, 0.29) is 30.2 Å². The minimum atomic E-state index is -0.375. The molecule has 1 aliphatic heterocycles. The first kappa shape index (κ1) is 32.0. The van der Waals surface area contributed by atoms with Crippen LogP contribution in [-0.2, 0) is 17.9 Å². The largest absolute Gasteiger partial charge is 0.493 e. The molecule has 1 atom stereocenters. The zero-order chi connectivity index (χ0) is 32.8. The van der Waals surface area contributed by atoms with E-state index in [0.29, 0.717) is 41.0 Å². The Kier molecular flexibility index (Phi) is 9.98. The third kappa shape index (κ3) is 7.23. The lowest BCUT2D eigenvalue weighted by Crippen LogP contribution is -2.29. The number of carbonyl (C=O) groups excluding carboxylic acids is 2. The summed E-state index contributed by atoms with van der Waals surface area (Å²) in [5, 5.41) is 20.8. The van der Waals surface area contributed by atoms with E-state index in [0.717, 1.165) is 27.3 Å². The summed E-state index contributed by atoms with van der Waals surface area (Å²) in [6.45, 7) is 2.61. The third-order valence-corrected chi connectivity index (χ3v) is 9.62. The number of thiophene rings is 1. The number of para-hydroxylation sites is 1. The van der Waals surface area contributed by atoms with Crippen molar-refractivity contribution >= 4 is 40.6 Å². The fraction of sp³-hybridized carbons (Fsp3) is 0.229. The maximum absolute atomic E-state index is 14.0. The van der Waals surface area contributed by atoms with Crippen LogP contribution in [0.5, 0.6) is 11.5 Å². The van der Waals surface area contributed by atoms with Gasteiger partial charge >= 0.3 is 0 Å². The van der Waals surface area contributed by atoms with Gasteiger partial charge in [-0.1, -0.05) is 78.0 Å². The van der Waals surface area contributed by atoms with Gasteiger partial charge in [-0.05, 0) is 42.1 Å². The van der Waals surface area contributed by atoms with E-state index in [4.69, 9.17) is 14.6 Å². The third-order valence-electron chi connectivity index (χ3n) is 7.75. The van der Waals surface area contributed by atoms with Crippen molar-refractivity contribution < 1.29 is 19.1 Å². The first-order valence-corrected chi connectivity index (χ1v) is 16.9. The zero-order valence-electron chi connectivity index (χ0n) is 26.3. The number of hydrogen-bond acceptors (Lipinski definition) is 9. The molecule has 0 fully saturated rings. The van der Waals surface area contributed by atoms with Gasteiger partial charge < -0.3 is 19.4 Å². The van der Waals surface area contributed by atoms with Crippen LogP contribution in [0.25, 0.3) is 0 Å². The number of thioether (sulfide) groups is 1. The van der Waals surface area contributed by atoms with Gasteiger partial charge in [0.25, 0.3) is 11.8 Å². The van der Waals surface area contributed by atoms with E-state index in [1.165, 1.54) is 11.8 Å². The van der Waals surface area contributed by atoms with Crippen LogP contribution in [0.1, 0.15) is 50.2 Å². The summed E-state index contributed by atoms with van der Waals surface area (Å²) in [5.41, 5.74) is 4.29. The molecule has 1 N–H and O–H groups in total. The molecule has 0 saturated heterocycles. The lowest BCUT2D eigenvalue weighted by molar-refractivity contribution is -0.130. The van der Waals surface area contributed by atoms with Crippen LogP contribution in [0.2, 0.25) is 0 Å². The summed E-state index contributed by atoms with van der Waals surface area (Å²) in [6, 6.07) is 26.7. The molecule has 3 aromatic carbocycles. The Balaban J connectivity index is 1.24. The quantitative estimate of drug-likeness (QED) is 0.160. The first-order chi connectivity index (χ1) is 22.9. The van der Waals surface area contributed by atoms with Gasteiger partial charge in [0.1, 0.15) is 0 Å². The van der Waals surface area contributed by atoms with E-state index in [9.17, 15) is 9.59 Å². The van der Waals surface area contributed by atoms with Gasteiger partial charge in [0.2, 0.25) is 0 Å². The highest BCUT2D eigenvalue weighted by molar-refractivity contribution is 7.99. The maximum Gasteiger partial charge on any atom is 0.253 e. The van der Waals surface area contributed by atoms with Crippen LogP contribution in [0.15, 0.2) is 101 Å². The summed E-state index contributed by atoms with van der Waals surface area (Å²) in [6.07, 6.45) is 0.537. The van der Waals surface area contributed by atoms with Crippen LogP contribution in [-0.4, -0.2) is 57.3 Å². The highest BCUT2D eigenvalue weighted by atomic mass is 32.2. The number of benzene rings is 3. The standard InChI is InChI=1S/C35H34N6O4S2/c1-23-10-7-13-25(18-23)34(43)36-20-31-37-38-35(40(31)21-24-11-5-4-6-12-24)47-22-32(42)41-28(19-27(39-41)30-16-9-17-46-30)26-14-8-15-29(44-2)33(26)45-3/h4-18,28H,19-22H2,1-3H3,(H,36,43)/t28-/m0/s1. The van der Waals surface area contributed by atoms with E-state index < -0.39 is 0 Å². The average Bonchev–Trinajstić information content (AvgIpc) is 3.87. The van der Waals surface area contributed by atoms with Crippen LogP contribution in [0.4, 0.5) is 0 Å². The van der Waals surface area contributed by atoms with Gasteiger partial charge in [-0.15, -0.1) is 21.5 Å². The van der Waals surface area contributed by atoms with Crippen LogP contribution in [0.3, 0.4) is 0 Å². The molecule has 2 aromatic heterocycles. The van der Waals surface area contributed by atoms with Crippen molar-refractivity contribution in [3.63, 3.8) is 0 Å². The smallest absolute Gasteiger partial charge is 0.253 e. The number of aromatic nitrogens is 3. The van der Waals surface area contributed by atoms with Crippen LogP contribution < -0.4 is 14.8 Å². The number of carbonyl (C=O) groups is 2. The van der Waals surface area contributed by atoms with E-state index >= 15 is 0 Å². The molecule has 12 heteroatoms. The molecule has 240 valence electrons. The van der Waals surface area contributed by atoms with Gasteiger partial charge in [0, 0.05) is 17.5 Å². The number of ether oxygens (including phenoxy) is 2. The average molecular weight is 667 g/mol. The molecule has 5 aromatic rings. The lowest BCUT2D eigenvalue weighted by atomic mass is 9.99. The van der Waals surface area contributed by atoms with E-state index in [1.54, 1.807) is 36.6 Å². The van der Waals surface area contributed by atoms with Crippen molar-refractivity contribution in [3.05, 3.63) is 123 Å². The Bertz CT molecular complexity index is 1890. The predicted octanol–water partition coefficient (Wildman–Crippen LogP) is 6.11. The molecule has 0 radical (unpaired) electrons. The number of hydrogen-bond donors (Lipinski definition) is 1. The summed E-state index contributed by atoms with van der Waals surface area (Å²) in [7, 11) is 3.19. The van der Waals surface area contributed by atoms with Gasteiger partial charge in [-0.25, -0.2) is 5.01 Å². The molecule has 10 nitrogen and oxygen atoms in total. The summed E-state index contributed by atoms with van der Waals surface area (Å²) in [5.74, 6) is 1.45. The van der Waals surface area contributed by atoms with Gasteiger partial charge in [0.15, 0.2) is 22.5 Å². The predicted molar refractivity (Wildman–Crippen MR) is 183 cm³/mol. The second-order valence-electron chi connectivity index (χ2n) is 10.9. The normalized spacial score (nSPS) is 14.1. The van der Waals surface area contributed by atoms with Crippen LogP contribution in [0, 0.1) is 6.92 Å². The lowest BCUT2D eigenvalue weighted by Gasteiger charge is -2.24. The highest BCUT2D eigenvalue weighted by Crippen LogP contribution is 2.42. The Morgan fingerprint density at radius 1 is 0.979 bits per heavy atom. The molecule has 1 aliphatic rings. The fourth-order valence-electron chi connectivity index (χ4n) is 5.47. The summed E-state index contributed by atoms with van der Waals surface area (Å²) < 4.78 is 13.2. The maximum atomic E-state index is 14.0. The molecule has 6 rings (SSSR count). The highest BCUT2D eigenvalue weighted by Gasteiger charge is 2.36. The van der Waals surface area contributed by atoms with Crippen molar-refractivity contribution in [1.29, 1.82) is 0 Å². The molecule has 0 unspecified atom stereocenters. The monoisotopic (exact) mass is 666 g/mol. The van der Waals surface area contributed by atoms with Gasteiger partial charge in [-0.2, -0.15) is 5.10 Å². The molecular weight excluding hydrogens is 633 g/mol. The second kappa shape index (κ2) is 14.7. The minimum Gasteiger partial charge on any atom is -0.493 e. The van der Waals surface area contributed by atoms with Gasteiger partial charge in [0.05, 0.1) is 49.7 Å². The SMILES string of the molecule is COc1cccc([C@@H]2CC(c3cccs3)=NN2C(=O)CSc2nnc(CNC(=O)c3cccc(C)c3)n2Cc2ccccc2)c1OC. The molecular formula is C35H34N6O4S2. The zero-order valence-corrected chi connectivity index (χ0v) is 27.9. The summed E-state index contributed by atoms with van der Waals surface area (Å²) in [4.78, 5) is 27.9. The van der Waals surface area contributed by atoms with Crippen molar-refractivity contribution in [2.75, 3.05) is 20.0 Å². The number of hydrazone groups is 1. The van der Waals surface area contributed by atoms with Crippen LogP contribution >= 0.6 is 23.1 Å². The molecule has 47 heavy (non-hydrogen) atoms. The van der Waals surface area contributed by atoms with Gasteiger partial charge in [-0.3, -0.25) is 9.59 Å². The van der Waals surface area contributed by atoms with Crippen molar-refractivity contribution in [1.82, 2.24) is 25.1 Å². The molecule has 0 spiro atoms. The Labute approximate surface area is 281 Å². The topological polar surface area (TPSA) is 111 Å². The molecule has 0 bridgehead atoms. The molecule has 3 heterocycles. The first-order valence-electron chi connectivity index (χ1n) is 15.0. The molecule has 0 aliphatic carbocycles. The second-order valence-corrected chi connectivity index (χ2v) is 12.8. The number of aryl methyl sites for hydroxylation is 1. The molecule has 0 saturated carbocycles. The minimum absolute atomic E-state index is 0.0760.